The quantitative estimate of drug-likeness (QED) is 0.196. The Kier molecular flexibility index (Phi) is 9.34. The second kappa shape index (κ2) is 10.9. The molecule has 214 valence electrons. The Morgan fingerprint density at radius 1 is 0.838 bits per heavy atom. The molecule has 1 aliphatic carbocycles. The van der Waals surface area contributed by atoms with Gasteiger partial charge in [-0.3, -0.25) is 4.55 Å². The van der Waals surface area contributed by atoms with E-state index in [2.05, 4.69) is 9.47 Å². The molecule has 2 fully saturated rings. The standard InChI is InChI=1S/C17H18F8O9S3/c18-15(19,20)10(26)32-5-13(6-33-11(27)16(21,22)23)7-35-14(36-8-13)4-2-1-3-9(14)34-12(28)17(24,25)37(29,30)31/h9H,1-8H2,(H,29,30,31). The van der Waals surface area contributed by atoms with Gasteiger partial charge < -0.3 is 14.2 Å². The number of alkyl halides is 8. The molecule has 1 aliphatic heterocycles. The normalized spacial score (nSPS) is 22.2. The van der Waals surface area contributed by atoms with Crippen molar-refractivity contribution in [2.75, 3.05) is 24.7 Å². The van der Waals surface area contributed by atoms with Gasteiger partial charge in [-0.15, -0.1) is 23.5 Å². The van der Waals surface area contributed by atoms with Crippen molar-refractivity contribution in [3.8, 4) is 0 Å². The number of hydrogen-bond acceptors (Lipinski definition) is 10. The summed E-state index contributed by atoms with van der Waals surface area (Å²) in [6, 6.07) is 0. The third kappa shape index (κ3) is 7.53. The predicted octanol–water partition coefficient (Wildman–Crippen LogP) is 3.33. The Bertz CT molecular complexity index is 957. The highest BCUT2D eigenvalue weighted by atomic mass is 32.2. The van der Waals surface area contributed by atoms with Crippen LogP contribution in [0.3, 0.4) is 0 Å². The van der Waals surface area contributed by atoms with Crippen LogP contribution < -0.4 is 0 Å². The number of thioether (sulfide) groups is 2. The van der Waals surface area contributed by atoms with Gasteiger partial charge in [0.15, 0.2) is 0 Å². The van der Waals surface area contributed by atoms with Crippen LogP contribution in [0.5, 0.6) is 0 Å². The van der Waals surface area contributed by atoms with E-state index in [9.17, 15) is 57.9 Å². The minimum atomic E-state index is -6.17. The number of rotatable bonds is 7. The lowest BCUT2D eigenvalue weighted by molar-refractivity contribution is -0.208. The van der Waals surface area contributed by atoms with Crippen molar-refractivity contribution in [2.45, 2.75) is 53.5 Å². The van der Waals surface area contributed by atoms with Crippen molar-refractivity contribution in [1.29, 1.82) is 0 Å². The Morgan fingerprint density at radius 2 is 1.30 bits per heavy atom. The first-order chi connectivity index (χ1) is 16.7. The Balaban J connectivity index is 2.23. The maximum atomic E-state index is 13.7. The summed E-state index contributed by atoms with van der Waals surface area (Å²) in [5.41, 5.74) is -1.78. The van der Waals surface area contributed by atoms with Crippen LogP contribution in [0.2, 0.25) is 0 Å². The third-order valence-corrected chi connectivity index (χ3v) is 10.2. The topological polar surface area (TPSA) is 133 Å². The molecule has 0 amide bonds. The van der Waals surface area contributed by atoms with E-state index in [1.165, 1.54) is 0 Å². The molecule has 1 unspecified atom stereocenters. The molecule has 37 heavy (non-hydrogen) atoms. The lowest BCUT2D eigenvalue weighted by Gasteiger charge is -2.49. The van der Waals surface area contributed by atoms with Gasteiger partial charge in [0.25, 0.3) is 0 Å². The summed E-state index contributed by atoms with van der Waals surface area (Å²) in [6.45, 7) is -2.25. The number of ether oxygens (including phenoxy) is 3. The fourth-order valence-electron chi connectivity index (χ4n) is 3.31. The largest absolute Gasteiger partial charge is 0.490 e. The number of carbonyl (C=O) groups excluding carboxylic acids is 3. The van der Waals surface area contributed by atoms with E-state index < -0.39 is 86.0 Å². The fraction of sp³-hybridized carbons (Fsp3) is 0.824. The minimum absolute atomic E-state index is 0.0631. The first kappa shape index (κ1) is 31.7. The number of carbonyl (C=O) groups is 3. The predicted molar refractivity (Wildman–Crippen MR) is 109 cm³/mol. The van der Waals surface area contributed by atoms with Crippen LogP contribution in [0, 0.1) is 5.41 Å². The van der Waals surface area contributed by atoms with Gasteiger partial charge in [0.2, 0.25) is 0 Å². The number of esters is 3. The highest BCUT2D eigenvalue weighted by molar-refractivity contribution is 8.19. The lowest BCUT2D eigenvalue weighted by atomic mass is 9.94. The lowest BCUT2D eigenvalue weighted by Crippen LogP contribution is -2.53. The van der Waals surface area contributed by atoms with Gasteiger partial charge >= 0.3 is 45.6 Å². The summed E-state index contributed by atoms with van der Waals surface area (Å²) in [6.07, 6.45) is -11.4. The van der Waals surface area contributed by atoms with Gasteiger partial charge in [-0.2, -0.15) is 43.5 Å². The zero-order valence-corrected chi connectivity index (χ0v) is 20.6. The van der Waals surface area contributed by atoms with E-state index in [-0.39, 0.29) is 12.8 Å². The molecular formula is C17H18F8O9S3. The number of halogens is 8. The van der Waals surface area contributed by atoms with Gasteiger partial charge in [-0.25, -0.2) is 14.4 Å². The van der Waals surface area contributed by atoms with Crippen molar-refractivity contribution in [1.82, 2.24) is 0 Å². The van der Waals surface area contributed by atoms with Crippen LogP contribution in [0.4, 0.5) is 35.1 Å². The van der Waals surface area contributed by atoms with Crippen LogP contribution in [0.1, 0.15) is 25.7 Å². The summed E-state index contributed by atoms with van der Waals surface area (Å²) in [5, 5.41) is -5.29. The summed E-state index contributed by atoms with van der Waals surface area (Å²) in [5.74, 6) is -8.74. The first-order valence-electron chi connectivity index (χ1n) is 9.97. The Hall–Kier alpha value is -1.54. The Labute approximate surface area is 212 Å². The van der Waals surface area contributed by atoms with Crippen molar-refractivity contribution >= 4 is 51.5 Å². The van der Waals surface area contributed by atoms with Crippen LogP contribution >= 0.6 is 23.5 Å². The van der Waals surface area contributed by atoms with Gasteiger partial charge in [0.05, 0.1) is 9.49 Å². The second-order valence-electron chi connectivity index (χ2n) is 8.17. The van der Waals surface area contributed by atoms with E-state index in [4.69, 9.17) is 9.29 Å². The van der Waals surface area contributed by atoms with Crippen LogP contribution in [0.25, 0.3) is 0 Å². The molecule has 2 aliphatic rings. The minimum Gasteiger partial charge on any atom is -0.458 e. The smallest absolute Gasteiger partial charge is 0.458 e. The van der Waals surface area contributed by atoms with E-state index >= 15 is 0 Å². The summed E-state index contributed by atoms with van der Waals surface area (Å²) >= 11 is 1.53. The highest BCUT2D eigenvalue weighted by Crippen LogP contribution is 2.56. The monoisotopic (exact) mass is 614 g/mol. The van der Waals surface area contributed by atoms with E-state index in [1.807, 2.05) is 0 Å². The molecule has 0 bridgehead atoms. The van der Waals surface area contributed by atoms with Gasteiger partial charge in [0.1, 0.15) is 19.3 Å². The molecule has 1 heterocycles. The summed E-state index contributed by atoms with van der Waals surface area (Å²) in [7, 11) is -6.17. The molecule has 2 rings (SSSR count). The average molecular weight is 615 g/mol. The maximum absolute atomic E-state index is 13.7. The molecule has 0 aromatic rings. The van der Waals surface area contributed by atoms with E-state index in [1.54, 1.807) is 0 Å². The van der Waals surface area contributed by atoms with E-state index in [0.717, 1.165) is 23.5 Å². The van der Waals surface area contributed by atoms with Crippen LogP contribution in [-0.2, 0) is 38.7 Å². The van der Waals surface area contributed by atoms with Crippen LogP contribution in [-0.4, -0.2) is 83.4 Å². The molecule has 1 spiro atoms. The molecule has 9 nitrogen and oxygen atoms in total. The number of hydrogen-bond donors (Lipinski definition) is 1. The molecule has 20 heteroatoms. The van der Waals surface area contributed by atoms with Crippen molar-refractivity contribution in [3.63, 3.8) is 0 Å². The average Bonchev–Trinajstić information content (AvgIpc) is 2.77. The highest BCUT2D eigenvalue weighted by Gasteiger charge is 2.58. The summed E-state index contributed by atoms with van der Waals surface area (Å²) in [4.78, 5) is 34.1. The van der Waals surface area contributed by atoms with E-state index in [0.29, 0.717) is 12.8 Å². The maximum Gasteiger partial charge on any atom is 0.490 e. The van der Waals surface area contributed by atoms with Crippen molar-refractivity contribution in [2.24, 2.45) is 5.41 Å². The molecule has 1 saturated carbocycles. The molecule has 1 saturated heterocycles. The molecule has 0 aromatic heterocycles. The summed E-state index contributed by atoms with van der Waals surface area (Å²) < 4.78 is 145. The van der Waals surface area contributed by atoms with Gasteiger partial charge in [0, 0.05) is 11.5 Å². The molecule has 0 aromatic carbocycles. The van der Waals surface area contributed by atoms with Gasteiger partial charge in [-0.1, -0.05) is 6.42 Å². The van der Waals surface area contributed by atoms with Crippen molar-refractivity contribution < 1.29 is 76.7 Å². The SMILES string of the molecule is O=C(OCC1(COC(=O)C(F)(F)F)CSC2(CCCCC2OC(=O)C(F)(F)S(=O)(=O)O)SC1)C(F)(F)F. The zero-order valence-electron chi connectivity index (χ0n) is 18.2. The Morgan fingerprint density at radius 3 is 1.70 bits per heavy atom. The third-order valence-electron chi connectivity index (χ3n) is 5.27. The molecular weight excluding hydrogens is 596 g/mol. The molecule has 1 atom stereocenters. The second-order valence-corrected chi connectivity index (χ2v) is 12.5. The molecule has 0 radical (unpaired) electrons. The molecule has 1 N–H and O–H groups in total. The van der Waals surface area contributed by atoms with Crippen LogP contribution in [0.15, 0.2) is 0 Å². The van der Waals surface area contributed by atoms with Crippen molar-refractivity contribution in [3.05, 3.63) is 0 Å². The fourth-order valence-corrected chi connectivity index (χ4v) is 7.30. The van der Waals surface area contributed by atoms with Gasteiger partial charge in [-0.05, 0) is 19.3 Å². The zero-order chi connectivity index (χ0) is 28.5. The first-order valence-corrected chi connectivity index (χ1v) is 13.4.